The van der Waals surface area contributed by atoms with Crippen molar-refractivity contribution < 1.29 is 26.7 Å². The molecule has 0 saturated heterocycles. The smallest absolute Gasteiger partial charge is 0.397 e. The molecule has 17 heavy (non-hydrogen) atoms. The summed E-state index contributed by atoms with van der Waals surface area (Å²) in [7, 11) is 0. The van der Waals surface area contributed by atoms with E-state index in [9.17, 15) is 22.0 Å². The molecule has 0 spiro atoms. The van der Waals surface area contributed by atoms with Gasteiger partial charge in [0.2, 0.25) is 5.88 Å². The monoisotopic (exact) mass is 257 g/mol. The first-order valence-electron chi connectivity index (χ1n) is 4.28. The normalized spacial score (nSPS) is 11.9. The third-order valence-electron chi connectivity index (χ3n) is 1.80. The van der Waals surface area contributed by atoms with E-state index in [2.05, 4.69) is 9.72 Å². The van der Waals surface area contributed by atoms with Crippen molar-refractivity contribution in [3.63, 3.8) is 0 Å². The van der Waals surface area contributed by atoms with Gasteiger partial charge >= 0.3 is 6.36 Å². The Morgan fingerprint density at radius 3 is 2.35 bits per heavy atom. The van der Waals surface area contributed by atoms with Crippen LogP contribution in [0.1, 0.15) is 17.7 Å². The number of hydrogen-bond donors (Lipinski definition) is 2. The molecule has 9 heteroatoms. The summed E-state index contributed by atoms with van der Waals surface area (Å²) in [5.74, 6) is -1.01. The van der Waals surface area contributed by atoms with Gasteiger partial charge in [-0.15, -0.1) is 13.2 Å². The molecule has 0 atom stereocenters. The topological polar surface area (TPSA) is 74.2 Å². The van der Waals surface area contributed by atoms with Crippen LogP contribution in [0, 0.1) is 0 Å². The number of nitrogens with two attached hydrogens (primary N) is 2. The van der Waals surface area contributed by atoms with Crippen molar-refractivity contribution in [1.29, 1.82) is 0 Å². The van der Waals surface area contributed by atoms with Gasteiger partial charge in [0.25, 0.3) is 6.43 Å². The number of ether oxygens (including phenoxy) is 1. The van der Waals surface area contributed by atoms with E-state index < -0.39 is 30.0 Å². The molecule has 96 valence electrons. The summed E-state index contributed by atoms with van der Waals surface area (Å²) in [4.78, 5) is 2.99. The highest BCUT2D eigenvalue weighted by Crippen LogP contribution is 2.30. The second kappa shape index (κ2) is 4.70. The Morgan fingerprint density at radius 2 is 1.94 bits per heavy atom. The fraction of sp³-hybridized carbons (Fsp3) is 0.375. The number of anilines is 1. The van der Waals surface area contributed by atoms with E-state index in [0.717, 1.165) is 6.07 Å². The first-order chi connectivity index (χ1) is 7.74. The number of hydrogen-bond acceptors (Lipinski definition) is 4. The first-order valence-corrected chi connectivity index (χ1v) is 4.28. The number of nitrogens with zero attached hydrogens (tertiary/aromatic N) is 1. The van der Waals surface area contributed by atoms with E-state index in [1.165, 1.54) is 0 Å². The first kappa shape index (κ1) is 13.4. The lowest BCUT2D eigenvalue weighted by atomic mass is 10.2. The molecule has 0 aliphatic rings. The van der Waals surface area contributed by atoms with Crippen LogP contribution in [-0.4, -0.2) is 11.3 Å². The van der Waals surface area contributed by atoms with E-state index >= 15 is 0 Å². The van der Waals surface area contributed by atoms with Crippen molar-refractivity contribution in [3.05, 3.63) is 17.3 Å². The maximum absolute atomic E-state index is 12.4. The summed E-state index contributed by atoms with van der Waals surface area (Å²) < 4.78 is 64.0. The predicted molar refractivity (Wildman–Crippen MR) is 48.2 cm³/mol. The van der Waals surface area contributed by atoms with E-state index in [4.69, 9.17) is 11.5 Å². The summed E-state index contributed by atoms with van der Waals surface area (Å²) in [5.41, 5.74) is 8.93. The van der Waals surface area contributed by atoms with E-state index in [-0.39, 0.29) is 12.1 Å². The van der Waals surface area contributed by atoms with Gasteiger partial charge in [0.1, 0.15) is 5.69 Å². The van der Waals surface area contributed by atoms with Crippen molar-refractivity contribution in [1.82, 2.24) is 4.98 Å². The molecular weight excluding hydrogens is 249 g/mol. The number of aromatic nitrogens is 1. The minimum absolute atomic E-state index is 0.0884. The van der Waals surface area contributed by atoms with Crippen LogP contribution in [0.3, 0.4) is 0 Å². The molecule has 4 nitrogen and oxygen atoms in total. The molecule has 0 fully saturated rings. The summed E-state index contributed by atoms with van der Waals surface area (Å²) in [5, 5.41) is 0. The molecule has 0 bridgehead atoms. The second-order valence-electron chi connectivity index (χ2n) is 2.97. The van der Waals surface area contributed by atoms with Crippen LogP contribution < -0.4 is 16.2 Å². The van der Waals surface area contributed by atoms with Gasteiger partial charge in [0.05, 0.1) is 5.69 Å². The third kappa shape index (κ3) is 3.41. The van der Waals surface area contributed by atoms with Gasteiger partial charge in [-0.3, -0.25) is 0 Å². The number of alkyl halides is 5. The van der Waals surface area contributed by atoms with Crippen molar-refractivity contribution >= 4 is 5.69 Å². The number of pyridine rings is 1. The summed E-state index contributed by atoms with van der Waals surface area (Å²) in [6, 6.07) is 0.773. The number of halogens is 5. The summed E-state index contributed by atoms with van der Waals surface area (Å²) in [6.07, 6.45) is -8.13. The molecule has 4 N–H and O–H groups in total. The average molecular weight is 257 g/mol. The third-order valence-corrected chi connectivity index (χ3v) is 1.80. The number of rotatable bonds is 3. The SMILES string of the molecule is NCc1cc(OC(F)(F)F)nc(C(F)F)c1N. The quantitative estimate of drug-likeness (QED) is 0.812. The lowest BCUT2D eigenvalue weighted by Crippen LogP contribution is -2.19. The molecule has 0 unspecified atom stereocenters. The fourth-order valence-corrected chi connectivity index (χ4v) is 1.11. The van der Waals surface area contributed by atoms with Gasteiger partial charge in [-0.05, 0) is 5.56 Å². The molecule has 1 heterocycles. The molecule has 0 radical (unpaired) electrons. The van der Waals surface area contributed by atoms with Crippen LogP contribution >= 0.6 is 0 Å². The fourth-order valence-electron chi connectivity index (χ4n) is 1.11. The molecule has 1 rings (SSSR count). The molecule has 1 aromatic rings. The Labute approximate surface area is 92.4 Å². The molecule has 0 saturated carbocycles. The minimum atomic E-state index is -5.02. The minimum Gasteiger partial charge on any atom is -0.397 e. The van der Waals surface area contributed by atoms with Crippen molar-refractivity contribution in [3.8, 4) is 5.88 Å². The number of nitrogen functional groups attached to an aromatic ring is 1. The molecule has 0 aliphatic carbocycles. The van der Waals surface area contributed by atoms with Crippen LogP contribution in [0.2, 0.25) is 0 Å². The highest BCUT2D eigenvalue weighted by molar-refractivity contribution is 5.53. The molecule has 0 amide bonds. The zero-order chi connectivity index (χ0) is 13.2. The standard InChI is InChI=1S/C8H8F5N3O/c9-7(10)6-5(15)3(2-14)1-4(16-6)17-8(11,12)13/h1,7H,2,14-15H2. The van der Waals surface area contributed by atoms with Crippen molar-refractivity contribution in [2.75, 3.05) is 5.73 Å². The van der Waals surface area contributed by atoms with Gasteiger partial charge in [-0.1, -0.05) is 0 Å². The van der Waals surface area contributed by atoms with Crippen LogP contribution in [0.4, 0.5) is 27.6 Å². The lowest BCUT2D eigenvalue weighted by Gasteiger charge is -2.13. The maximum Gasteiger partial charge on any atom is 0.574 e. The van der Waals surface area contributed by atoms with Gasteiger partial charge in [0, 0.05) is 12.6 Å². The Kier molecular flexibility index (Phi) is 3.71. The van der Waals surface area contributed by atoms with E-state index in [1.807, 2.05) is 0 Å². The molecule has 0 aromatic carbocycles. The maximum atomic E-state index is 12.4. The average Bonchev–Trinajstić information content (AvgIpc) is 2.17. The van der Waals surface area contributed by atoms with Crippen LogP contribution in [0.25, 0.3) is 0 Å². The largest absolute Gasteiger partial charge is 0.574 e. The van der Waals surface area contributed by atoms with Gasteiger partial charge in [-0.25, -0.2) is 13.8 Å². The van der Waals surface area contributed by atoms with Crippen LogP contribution in [0.5, 0.6) is 5.88 Å². The van der Waals surface area contributed by atoms with Crippen LogP contribution in [0.15, 0.2) is 6.07 Å². The van der Waals surface area contributed by atoms with E-state index in [0.29, 0.717) is 0 Å². The molecular formula is C8H8F5N3O. The van der Waals surface area contributed by atoms with Crippen molar-refractivity contribution in [2.24, 2.45) is 5.73 Å². The van der Waals surface area contributed by atoms with Crippen molar-refractivity contribution in [2.45, 2.75) is 19.3 Å². The van der Waals surface area contributed by atoms with Crippen LogP contribution in [-0.2, 0) is 6.54 Å². The Bertz CT molecular complexity index is 407. The Morgan fingerprint density at radius 1 is 1.35 bits per heavy atom. The highest BCUT2D eigenvalue weighted by Gasteiger charge is 2.32. The molecule has 0 aliphatic heterocycles. The zero-order valence-electron chi connectivity index (χ0n) is 8.26. The summed E-state index contributed by atoms with van der Waals surface area (Å²) >= 11 is 0. The van der Waals surface area contributed by atoms with Gasteiger partial charge < -0.3 is 16.2 Å². The Hall–Kier alpha value is -1.64. The summed E-state index contributed by atoms with van der Waals surface area (Å²) in [6.45, 7) is -0.303. The highest BCUT2D eigenvalue weighted by atomic mass is 19.4. The van der Waals surface area contributed by atoms with E-state index in [1.54, 1.807) is 0 Å². The molecule has 1 aromatic heterocycles. The zero-order valence-corrected chi connectivity index (χ0v) is 8.26. The second-order valence-corrected chi connectivity index (χ2v) is 2.97. The Balaban J connectivity index is 3.21. The van der Waals surface area contributed by atoms with Gasteiger partial charge in [-0.2, -0.15) is 0 Å². The predicted octanol–water partition coefficient (Wildman–Crippen LogP) is 1.96. The lowest BCUT2D eigenvalue weighted by molar-refractivity contribution is -0.276. The van der Waals surface area contributed by atoms with Gasteiger partial charge in [0.15, 0.2) is 0 Å².